The molecule has 0 bridgehead atoms. The van der Waals surface area contributed by atoms with Crippen molar-refractivity contribution >= 4 is 5.82 Å². The zero-order valence-corrected chi connectivity index (χ0v) is 12.1. The van der Waals surface area contributed by atoms with Gasteiger partial charge in [-0.2, -0.15) is 0 Å². The highest BCUT2D eigenvalue weighted by atomic mass is 15.0. The first kappa shape index (κ1) is 13.0. The van der Waals surface area contributed by atoms with Crippen LogP contribution in [0.4, 0.5) is 5.82 Å². The van der Waals surface area contributed by atoms with Crippen molar-refractivity contribution in [1.82, 2.24) is 15.0 Å². The minimum atomic E-state index is 0.768. The Morgan fingerprint density at radius 2 is 2.10 bits per heavy atom. The SMILES string of the molecule is CCc1cnc(C)nc1NCc1cnc2c(c1)CCC2. The summed E-state index contributed by atoms with van der Waals surface area (Å²) >= 11 is 0. The fourth-order valence-electron chi connectivity index (χ4n) is 2.67. The average molecular weight is 268 g/mol. The van der Waals surface area contributed by atoms with Crippen LogP contribution < -0.4 is 5.32 Å². The standard InChI is InChI=1S/C16H20N4/c1-3-13-10-17-11(2)20-16(13)19-9-12-7-14-5-4-6-15(14)18-8-12/h7-8,10H,3-6,9H2,1-2H3,(H,17,19,20). The molecule has 104 valence electrons. The van der Waals surface area contributed by atoms with Crippen LogP contribution in [0.2, 0.25) is 0 Å². The number of nitrogens with one attached hydrogen (secondary N) is 1. The summed E-state index contributed by atoms with van der Waals surface area (Å²) in [5.41, 5.74) is 5.08. The van der Waals surface area contributed by atoms with Gasteiger partial charge in [0.05, 0.1) is 0 Å². The minimum absolute atomic E-state index is 0.768. The van der Waals surface area contributed by atoms with Gasteiger partial charge in [0.1, 0.15) is 11.6 Å². The van der Waals surface area contributed by atoms with Crippen molar-refractivity contribution < 1.29 is 0 Å². The van der Waals surface area contributed by atoms with Crippen molar-refractivity contribution in [1.29, 1.82) is 0 Å². The summed E-state index contributed by atoms with van der Waals surface area (Å²) < 4.78 is 0. The van der Waals surface area contributed by atoms with Crippen molar-refractivity contribution in [3.63, 3.8) is 0 Å². The molecule has 4 nitrogen and oxygen atoms in total. The Balaban J connectivity index is 1.75. The molecule has 0 amide bonds. The lowest BCUT2D eigenvalue weighted by molar-refractivity contribution is 0.899. The van der Waals surface area contributed by atoms with E-state index in [0.29, 0.717) is 0 Å². The van der Waals surface area contributed by atoms with Crippen LogP contribution in [0.1, 0.15) is 41.6 Å². The quantitative estimate of drug-likeness (QED) is 0.926. The minimum Gasteiger partial charge on any atom is -0.366 e. The first-order valence-corrected chi connectivity index (χ1v) is 7.29. The molecule has 3 rings (SSSR count). The van der Waals surface area contributed by atoms with E-state index in [0.717, 1.165) is 36.6 Å². The van der Waals surface area contributed by atoms with Crippen LogP contribution in [0.25, 0.3) is 0 Å². The Hall–Kier alpha value is -1.97. The van der Waals surface area contributed by atoms with E-state index < -0.39 is 0 Å². The number of hydrogen-bond donors (Lipinski definition) is 1. The predicted molar refractivity (Wildman–Crippen MR) is 79.7 cm³/mol. The Bertz CT molecular complexity index is 622. The third kappa shape index (κ3) is 2.64. The number of pyridine rings is 1. The normalized spacial score (nSPS) is 13.3. The van der Waals surface area contributed by atoms with E-state index in [1.165, 1.54) is 29.7 Å². The molecule has 4 heteroatoms. The molecule has 0 saturated heterocycles. The van der Waals surface area contributed by atoms with Crippen molar-refractivity contribution in [2.75, 3.05) is 5.32 Å². The zero-order chi connectivity index (χ0) is 13.9. The number of aromatic nitrogens is 3. The molecule has 1 aliphatic rings. The second kappa shape index (κ2) is 5.57. The molecule has 2 heterocycles. The number of hydrogen-bond acceptors (Lipinski definition) is 4. The summed E-state index contributed by atoms with van der Waals surface area (Å²) in [6, 6.07) is 2.28. The molecule has 0 spiro atoms. The van der Waals surface area contributed by atoms with E-state index in [9.17, 15) is 0 Å². The molecule has 20 heavy (non-hydrogen) atoms. The van der Waals surface area contributed by atoms with Crippen molar-refractivity contribution in [2.45, 2.75) is 46.1 Å². The van der Waals surface area contributed by atoms with Gasteiger partial charge in [-0.25, -0.2) is 9.97 Å². The lowest BCUT2D eigenvalue weighted by Crippen LogP contribution is -2.07. The highest BCUT2D eigenvalue weighted by Crippen LogP contribution is 2.21. The van der Waals surface area contributed by atoms with Crippen LogP contribution in [0.3, 0.4) is 0 Å². The molecule has 0 radical (unpaired) electrons. The molecular formula is C16H20N4. The largest absolute Gasteiger partial charge is 0.366 e. The zero-order valence-electron chi connectivity index (χ0n) is 12.1. The van der Waals surface area contributed by atoms with Gasteiger partial charge in [-0.3, -0.25) is 4.98 Å². The lowest BCUT2D eigenvalue weighted by Gasteiger charge is -2.11. The van der Waals surface area contributed by atoms with Crippen LogP contribution in [0.5, 0.6) is 0 Å². The maximum atomic E-state index is 4.56. The first-order chi connectivity index (χ1) is 9.76. The molecule has 0 aliphatic heterocycles. The third-order valence-electron chi connectivity index (χ3n) is 3.80. The lowest BCUT2D eigenvalue weighted by atomic mass is 10.1. The Kier molecular flexibility index (Phi) is 3.63. The Labute approximate surface area is 119 Å². The summed E-state index contributed by atoms with van der Waals surface area (Å²) in [6.45, 7) is 4.81. The molecular weight excluding hydrogens is 248 g/mol. The van der Waals surface area contributed by atoms with Gasteiger partial charge in [0.25, 0.3) is 0 Å². The van der Waals surface area contributed by atoms with E-state index in [-0.39, 0.29) is 0 Å². The van der Waals surface area contributed by atoms with E-state index in [4.69, 9.17) is 0 Å². The van der Waals surface area contributed by atoms with Crippen LogP contribution in [0, 0.1) is 6.92 Å². The van der Waals surface area contributed by atoms with Gasteiger partial charge in [-0.15, -0.1) is 0 Å². The summed E-state index contributed by atoms with van der Waals surface area (Å²) in [5, 5.41) is 3.42. The molecule has 1 aliphatic carbocycles. The van der Waals surface area contributed by atoms with Gasteiger partial charge in [0.15, 0.2) is 0 Å². The van der Waals surface area contributed by atoms with Crippen LogP contribution in [-0.4, -0.2) is 15.0 Å². The molecule has 0 saturated carbocycles. The fraction of sp³-hybridized carbons (Fsp3) is 0.438. The van der Waals surface area contributed by atoms with E-state index >= 15 is 0 Å². The summed E-state index contributed by atoms with van der Waals surface area (Å²) in [7, 11) is 0. The molecule has 0 unspecified atom stereocenters. The number of fused-ring (bicyclic) bond motifs is 1. The Morgan fingerprint density at radius 3 is 2.95 bits per heavy atom. The number of anilines is 1. The van der Waals surface area contributed by atoms with Crippen LogP contribution in [0.15, 0.2) is 18.5 Å². The topological polar surface area (TPSA) is 50.7 Å². The number of nitrogens with zero attached hydrogens (tertiary/aromatic N) is 3. The highest BCUT2D eigenvalue weighted by molar-refractivity contribution is 5.44. The van der Waals surface area contributed by atoms with Crippen molar-refractivity contribution in [3.05, 3.63) is 46.7 Å². The predicted octanol–water partition coefficient (Wildman–Crippen LogP) is 2.84. The monoisotopic (exact) mass is 268 g/mol. The third-order valence-corrected chi connectivity index (χ3v) is 3.80. The Morgan fingerprint density at radius 1 is 1.20 bits per heavy atom. The van der Waals surface area contributed by atoms with E-state index in [2.05, 4.69) is 33.3 Å². The second-order valence-corrected chi connectivity index (χ2v) is 5.30. The van der Waals surface area contributed by atoms with Gasteiger partial charge >= 0.3 is 0 Å². The van der Waals surface area contributed by atoms with Gasteiger partial charge in [0, 0.05) is 30.2 Å². The molecule has 2 aromatic heterocycles. The second-order valence-electron chi connectivity index (χ2n) is 5.30. The fourth-order valence-corrected chi connectivity index (χ4v) is 2.67. The van der Waals surface area contributed by atoms with Gasteiger partial charge < -0.3 is 5.32 Å². The van der Waals surface area contributed by atoms with Gasteiger partial charge in [-0.05, 0) is 43.7 Å². The highest BCUT2D eigenvalue weighted by Gasteiger charge is 2.12. The molecule has 1 N–H and O–H groups in total. The van der Waals surface area contributed by atoms with Crippen LogP contribution in [-0.2, 0) is 25.8 Å². The van der Waals surface area contributed by atoms with Crippen LogP contribution >= 0.6 is 0 Å². The molecule has 0 aromatic carbocycles. The van der Waals surface area contributed by atoms with E-state index in [1.807, 2.05) is 19.3 Å². The molecule has 0 fully saturated rings. The van der Waals surface area contributed by atoms with E-state index in [1.54, 1.807) is 0 Å². The summed E-state index contributed by atoms with van der Waals surface area (Å²) in [5.74, 6) is 1.75. The maximum Gasteiger partial charge on any atom is 0.133 e. The van der Waals surface area contributed by atoms with Crippen molar-refractivity contribution in [3.8, 4) is 0 Å². The summed E-state index contributed by atoms with van der Waals surface area (Å²) in [4.78, 5) is 13.3. The average Bonchev–Trinajstić information content (AvgIpc) is 2.92. The summed E-state index contributed by atoms with van der Waals surface area (Å²) in [6.07, 6.45) is 8.37. The van der Waals surface area contributed by atoms with Crippen molar-refractivity contribution in [2.24, 2.45) is 0 Å². The number of rotatable bonds is 4. The maximum absolute atomic E-state index is 4.56. The van der Waals surface area contributed by atoms with Gasteiger partial charge in [-0.1, -0.05) is 13.0 Å². The molecule has 2 aromatic rings. The first-order valence-electron chi connectivity index (χ1n) is 7.29. The molecule has 0 atom stereocenters. The number of aryl methyl sites for hydroxylation is 4. The smallest absolute Gasteiger partial charge is 0.133 e. The van der Waals surface area contributed by atoms with Gasteiger partial charge in [0.2, 0.25) is 0 Å².